The van der Waals surface area contributed by atoms with Gasteiger partial charge in [-0.1, -0.05) is 35.9 Å². The number of hydrogen-bond donors (Lipinski definition) is 1. The molecule has 1 N–H and O–H groups in total. The van der Waals surface area contributed by atoms with Crippen LogP contribution in [-0.2, 0) is 6.54 Å². The van der Waals surface area contributed by atoms with Gasteiger partial charge in [0.25, 0.3) is 17.7 Å². The third-order valence-corrected chi connectivity index (χ3v) is 6.17. The fraction of sp³-hybridized carbons (Fsp3) is 0.111. The molecular weight excluding hydrogens is 464 g/mol. The lowest BCUT2D eigenvalue weighted by molar-refractivity contribution is 0.0924. The van der Waals surface area contributed by atoms with Crippen LogP contribution in [0.4, 0.5) is 11.4 Å². The number of aryl methyl sites for hydroxylation is 2. The number of fused-ring (bicyclic) bond motifs is 1. The van der Waals surface area contributed by atoms with Crippen molar-refractivity contribution in [2.75, 3.05) is 10.2 Å². The van der Waals surface area contributed by atoms with E-state index in [1.54, 1.807) is 42.5 Å². The van der Waals surface area contributed by atoms with Gasteiger partial charge in [-0.3, -0.25) is 19.1 Å². The molecule has 35 heavy (non-hydrogen) atoms. The van der Waals surface area contributed by atoms with E-state index in [1.165, 1.54) is 6.07 Å². The maximum absolute atomic E-state index is 12.9. The number of aromatic nitrogens is 2. The van der Waals surface area contributed by atoms with Crippen LogP contribution < -0.4 is 10.2 Å². The van der Waals surface area contributed by atoms with Gasteiger partial charge in [-0.15, -0.1) is 0 Å². The van der Waals surface area contributed by atoms with Gasteiger partial charge >= 0.3 is 0 Å². The van der Waals surface area contributed by atoms with E-state index in [2.05, 4.69) is 10.4 Å². The molecule has 5 rings (SSSR count). The molecular formula is C27H21ClN4O3. The Morgan fingerprint density at radius 2 is 1.63 bits per heavy atom. The number of halogens is 1. The lowest BCUT2D eigenvalue weighted by Gasteiger charge is -2.16. The van der Waals surface area contributed by atoms with Gasteiger partial charge in [0.05, 0.1) is 34.1 Å². The molecule has 0 bridgehead atoms. The second kappa shape index (κ2) is 8.85. The Kier molecular flexibility index (Phi) is 5.70. The van der Waals surface area contributed by atoms with Crippen molar-refractivity contribution < 1.29 is 14.4 Å². The lowest BCUT2D eigenvalue weighted by atomic mass is 10.1. The predicted octanol–water partition coefficient (Wildman–Crippen LogP) is 5.25. The number of amides is 3. The number of anilines is 2. The highest BCUT2D eigenvalue weighted by Crippen LogP contribution is 2.35. The third-order valence-electron chi connectivity index (χ3n) is 5.87. The maximum Gasteiger partial charge on any atom is 0.266 e. The summed E-state index contributed by atoms with van der Waals surface area (Å²) in [6, 6.07) is 20.7. The summed E-state index contributed by atoms with van der Waals surface area (Å²) < 4.78 is 1.89. The molecule has 1 aliphatic heterocycles. The highest BCUT2D eigenvalue weighted by Gasteiger charge is 2.37. The summed E-state index contributed by atoms with van der Waals surface area (Å²) in [6.45, 7) is 4.49. The molecule has 0 atom stereocenters. The minimum absolute atomic E-state index is 0.176. The zero-order valence-corrected chi connectivity index (χ0v) is 19.8. The van der Waals surface area contributed by atoms with Crippen LogP contribution in [0.25, 0.3) is 0 Å². The molecule has 0 radical (unpaired) electrons. The van der Waals surface area contributed by atoms with Crippen molar-refractivity contribution in [2.24, 2.45) is 0 Å². The largest absolute Gasteiger partial charge is 0.322 e. The van der Waals surface area contributed by atoms with Crippen molar-refractivity contribution in [1.82, 2.24) is 9.78 Å². The van der Waals surface area contributed by atoms with Crippen LogP contribution in [0.15, 0.2) is 72.8 Å². The van der Waals surface area contributed by atoms with Crippen LogP contribution in [0.3, 0.4) is 0 Å². The first-order valence-electron chi connectivity index (χ1n) is 11.0. The smallest absolute Gasteiger partial charge is 0.266 e. The third kappa shape index (κ3) is 4.22. The first-order valence-corrected chi connectivity index (χ1v) is 11.4. The maximum atomic E-state index is 12.9. The van der Waals surface area contributed by atoms with Gasteiger partial charge in [0.15, 0.2) is 0 Å². The summed E-state index contributed by atoms with van der Waals surface area (Å²) >= 11 is 6.44. The van der Waals surface area contributed by atoms with Crippen LogP contribution in [-0.4, -0.2) is 27.5 Å². The minimum Gasteiger partial charge on any atom is -0.322 e. The van der Waals surface area contributed by atoms with Crippen LogP contribution in [0.5, 0.6) is 0 Å². The number of hydrogen-bond acceptors (Lipinski definition) is 4. The Balaban J connectivity index is 1.33. The Hall–Kier alpha value is -4.23. The topological polar surface area (TPSA) is 84.3 Å². The average Bonchev–Trinajstić information content (AvgIpc) is 3.29. The highest BCUT2D eigenvalue weighted by atomic mass is 35.5. The van der Waals surface area contributed by atoms with Crippen LogP contribution in [0, 0.1) is 13.8 Å². The molecule has 3 aromatic carbocycles. The Bertz CT molecular complexity index is 1470. The number of imide groups is 1. The lowest BCUT2D eigenvalue weighted by Crippen LogP contribution is -2.29. The molecule has 7 nitrogen and oxygen atoms in total. The summed E-state index contributed by atoms with van der Waals surface area (Å²) in [5, 5.41) is 7.48. The number of nitrogens with zero attached hydrogens (tertiary/aromatic N) is 3. The van der Waals surface area contributed by atoms with E-state index in [9.17, 15) is 14.4 Å². The molecule has 3 amide bonds. The van der Waals surface area contributed by atoms with Crippen LogP contribution in [0.1, 0.15) is 48.0 Å². The van der Waals surface area contributed by atoms with E-state index in [1.807, 2.05) is 42.8 Å². The van der Waals surface area contributed by atoms with Crippen molar-refractivity contribution in [2.45, 2.75) is 20.4 Å². The number of nitrogens with one attached hydrogen (secondary N) is 1. The Morgan fingerprint density at radius 1 is 0.914 bits per heavy atom. The zero-order chi connectivity index (χ0) is 24.7. The highest BCUT2D eigenvalue weighted by molar-refractivity contribution is 6.40. The molecule has 2 heterocycles. The zero-order valence-electron chi connectivity index (χ0n) is 19.1. The summed E-state index contributed by atoms with van der Waals surface area (Å²) in [6.07, 6.45) is 0. The Morgan fingerprint density at radius 3 is 2.26 bits per heavy atom. The number of rotatable bonds is 5. The van der Waals surface area contributed by atoms with Gasteiger partial charge in [-0.05, 0) is 67.9 Å². The number of benzene rings is 3. The van der Waals surface area contributed by atoms with Crippen molar-refractivity contribution in [3.63, 3.8) is 0 Å². The van der Waals surface area contributed by atoms with E-state index in [4.69, 9.17) is 11.6 Å². The molecule has 1 aliphatic rings. The molecule has 0 fully saturated rings. The summed E-state index contributed by atoms with van der Waals surface area (Å²) in [4.78, 5) is 39.5. The Labute approximate surface area is 206 Å². The molecule has 0 unspecified atom stereocenters. The second-order valence-corrected chi connectivity index (χ2v) is 8.80. The van der Waals surface area contributed by atoms with Gasteiger partial charge in [0.1, 0.15) is 0 Å². The number of carbonyl (C=O) groups excluding carboxylic acids is 3. The van der Waals surface area contributed by atoms with Crippen molar-refractivity contribution in [3.8, 4) is 0 Å². The normalized spacial score (nSPS) is 12.7. The van der Waals surface area contributed by atoms with Gasteiger partial charge in [-0.25, -0.2) is 4.90 Å². The van der Waals surface area contributed by atoms with Gasteiger partial charge < -0.3 is 5.32 Å². The van der Waals surface area contributed by atoms with Crippen LogP contribution in [0.2, 0.25) is 5.02 Å². The summed E-state index contributed by atoms with van der Waals surface area (Å²) in [5.41, 5.74) is 4.82. The van der Waals surface area contributed by atoms with Gasteiger partial charge in [-0.2, -0.15) is 5.10 Å². The van der Waals surface area contributed by atoms with Crippen molar-refractivity contribution in [1.29, 1.82) is 0 Å². The fourth-order valence-electron chi connectivity index (χ4n) is 4.20. The number of carbonyl (C=O) groups is 3. The monoisotopic (exact) mass is 484 g/mol. The van der Waals surface area contributed by atoms with Gasteiger partial charge in [0.2, 0.25) is 0 Å². The fourth-order valence-corrected chi connectivity index (χ4v) is 4.46. The van der Waals surface area contributed by atoms with E-state index in [0.717, 1.165) is 21.9 Å². The molecule has 0 spiro atoms. The minimum atomic E-state index is -0.427. The van der Waals surface area contributed by atoms with E-state index in [-0.39, 0.29) is 16.6 Å². The summed E-state index contributed by atoms with van der Waals surface area (Å²) in [7, 11) is 0. The molecule has 0 aliphatic carbocycles. The summed E-state index contributed by atoms with van der Waals surface area (Å²) in [5.74, 6) is -1.16. The average molecular weight is 485 g/mol. The SMILES string of the molecule is Cc1cc(C)n(Cc2cccc(C(=O)Nc3ccc(N4C(=O)c5ccccc5C4=O)c(Cl)c3)c2)n1. The van der Waals surface area contributed by atoms with Crippen molar-refractivity contribution in [3.05, 3.63) is 111 Å². The molecule has 4 aromatic rings. The van der Waals surface area contributed by atoms with Crippen molar-refractivity contribution >= 4 is 40.7 Å². The quantitative estimate of drug-likeness (QED) is 0.392. The molecule has 8 heteroatoms. The van der Waals surface area contributed by atoms with E-state index < -0.39 is 11.8 Å². The molecule has 0 saturated carbocycles. The standard InChI is InChI=1S/C27H21ClN4O3/c1-16-12-17(2)31(30-16)15-18-6-5-7-19(13-18)25(33)29-20-10-11-24(23(28)14-20)32-26(34)21-8-3-4-9-22(21)27(32)35/h3-14H,15H2,1-2H3,(H,29,33). The van der Waals surface area contributed by atoms with E-state index in [0.29, 0.717) is 28.9 Å². The van der Waals surface area contributed by atoms with Gasteiger partial charge in [0, 0.05) is 16.9 Å². The second-order valence-electron chi connectivity index (χ2n) is 8.40. The first kappa shape index (κ1) is 22.6. The molecule has 174 valence electrons. The first-order chi connectivity index (χ1) is 16.8. The molecule has 0 saturated heterocycles. The molecule has 1 aromatic heterocycles. The van der Waals surface area contributed by atoms with Crippen LogP contribution >= 0.6 is 11.6 Å². The predicted molar refractivity (Wildman–Crippen MR) is 134 cm³/mol. The van der Waals surface area contributed by atoms with E-state index >= 15 is 0 Å².